The van der Waals surface area contributed by atoms with Crippen LogP contribution < -0.4 is 4.31 Å². The molecule has 116 valence electrons. The Morgan fingerprint density at radius 3 is 2.27 bits per heavy atom. The van der Waals surface area contributed by atoms with Crippen LogP contribution in [0.2, 0.25) is 5.02 Å². The molecule has 0 saturated carbocycles. The lowest BCUT2D eigenvalue weighted by Gasteiger charge is -2.20. The van der Waals surface area contributed by atoms with Crippen molar-refractivity contribution in [1.82, 2.24) is 0 Å². The molecule has 0 atom stereocenters. The maximum Gasteiger partial charge on any atom is 0.270 e. The van der Waals surface area contributed by atoms with Crippen molar-refractivity contribution in [3.05, 3.63) is 63.2 Å². The van der Waals surface area contributed by atoms with Gasteiger partial charge in [-0.15, -0.1) is 0 Å². The van der Waals surface area contributed by atoms with Gasteiger partial charge >= 0.3 is 0 Å². The second-order valence-electron chi connectivity index (χ2n) is 4.66. The molecule has 2 aromatic carbocycles. The van der Waals surface area contributed by atoms with Crippen LogP contribution in [0.5, 0.6) is 0 Å². The second-order valence-corrected chi connectivity index (χ2v) is 7.03. The molecule has 0 unspecified atom stereocenters. The van der Waals surface area contributed by atoms with Gasteiger partial charge in [0, 0.05) is 24.2 Å². The Bertz CT molecular complexity index is 819. The van der Waals surface area contributed by atoms with Crippen molar-refractivity contribution in [2.45, 2.75) is 11.8 Å². The molecule has 8 heteroatoms. The van der Waals surface area contributed by atoms with Crippen LogP contribution in [0.25, 0.3) is 0 Å². The number of rotatable bonds is 4. The highest BCUT2D eigenvalue weighted by molar-refractivity contribution is 7.92. The molecule has 0 bridgehead atoms. The van der Waals surface area contributed by atoms with E-state index in [4.69, 9.17) is 11.6 Å². The van der Waals surface area contributed by atoms with Crippen molar-refractivity contribution in [2.75, 3.05) is 11.4 Å². The zero-order chi connectivity index (χ0) is 16.5. The lowest BCUT2D eigenvalue weighted by Crippen LogP contribution is -2.27. The summed E-state index contributed by atoms with van der Waals surface area (Å²) in [5.41, 5.74) is 0.579. The van der Waals surface area contributed by atoms with Gasteiger partial charge in [-0.2, -0.15) is 0 Å². The van der Waals surface area contributed by atoms with E-state index in [1.54, 1.807) is 31.2 Å². The lowest BCUT2D eigenvalue weighted by molar-refractivity contribution is -0.385. The number of hydrogen-bond acceptors (Lipinski definition) is 4. The highest BCUT2D eigenvalue weighted by Gasteiger charge is 2.25. The number of halogens is 1. The van der Waals surface area contributed by atoms with Gasteiger partial charge in [-0.1, -0.05) is 17.7 Å². The minimum Gasteiger partial charge on any atom is -0.269 e. The standard InChI is InChI=1S/C14H13ClN2O4S/c1-10-3-6-13(17(18)19)9-14(10)22(20,21)16(2)12-7-4-11(15)5-8-12/h3-9H,1-2H3. The van der Waals surface area contributed by atoms with Crippen LogP contribution >= 0.6 is 11.6 Å². The first-order chi connectivity index (χ1) is 10.2. The molecule has 0 saturated heterocycles. The normalized spacial score (nSPS) is 11.2. The first-order valence-corrected chi connectivity index (χ1v) is 8.05. The molecule has 0 aromatic heterocycles. The molecule has 2 rings (SSSR count). The molecular formula is C14H13ClN2O4S. The quantitative estimate of drug-likeness (QED) is 0.631. The third-order valence-corrected chi connectivity index (χ3v) is 5.39. The van der Waals surface area contributed by atoms with Gasteiger partial charge in [-0.3, -0.25) is 14.4 Å². The molecule has 0 radical (unpaired) electrons. The first-order valence-electron chi connectivity index (χ1n) is 6.23. The van der Waals surface area contributed by atoms with Gasteiger partial charge in [-0.25, -0.2) is 8.42 Å². The molecule has 0 aliphatic heterocycles. The fourth-order valence-electron chi connectivity index (χ4n) is 1.92. The number of nitrogens with zero attached hydrogens (tertiary/aromatic N) is 2. The summed E-state index contributed by atoms with van der Waals surface area (Å²) < 4.78 is 26.4. The maximum absolute atomic E-state index is 12.7. The van der Waals surface area contributed by atoms with Gasteiger partial charge in [0.1, 0.15) is 0 Å². The monoisotopic (exact) mass is 340 g/mol. The Balaban J connectivity index is 2.52. The van der Waals surface area contributed by atoms with E-state index < -0.39 is 14.9 Å². The maximum atomic E-state index is 12.7. The topological polar surface area (TPSA) is 80.5 Å². The van der Waals surface area contributed by atoms with Gasteiger partial charge in [0.2, 0.25) is 0 Å². The van der Waals surface area contributed by atoms with Crippen molar-refractivity contribution in [1.29, 1.82) is 0 Å². The van der Waals surface area contributed by atoms with Crippen LogP contribution in [0.15, 0.2) is 47.4 Å². The SMILES string of the molecule is Cc1ccc([N+](=O)[O-])cc1S(=O)(=O)N(C)c1ccc(Cl)cc1. The molecule has 0 aliphatic rings. The Morgan fingerprint density at radius 2 is 1.73 bits per heavy atom. The predicted octanol–water partition coefficient (Wildman–Crippen LogP) is 3.38. The van der Waals surface area contributed by atoms with Crippen molar-refractivity contribution in [2.24, 2.45) is 0 Å². The van der Waals surface area contributed by atoms with Crippen LogP contribution in [-0.4, -0.2) is 20.4 Å². The number of sulfonamides is 1. The Kier molecular flexibility index (Phi) is 4.39. The number of hydrogen-bond donors (Lipinski definition) is 0. The smallest absolute Gasteiger partial charge is 0.269 e. The molecule has 6 nitrogen and oxygen atoms in total. The van der Waals surface area contributed by atoms with Crippen LogP contribution in [0.1, 0.15) is 5.56 Å². The van der Waals surface area contributed by atoms with Gasteiger partial charge < -0.3 is 0 Å². The van der Waals surface area contributed by atoms with Crippen molar-refractivity contribution < 1.29 is 13.3 Å². The molecule has 0 amide bonds. The third kappa shape index (κ3) is 3.05. The first kappa shape index (κ1) is 16.3. The molecule has 0 aliphatic carbocycles. The van der Waals surface area contributed by atoms with Gasteiger partial charge in [-0.05, 0) is 36.8 Å². The van der Waals surface area contributed by atoms with Gasteiger partial charge in [0.25, 0.3) is 15.7 Å². The number of nitro groups is 1. The Morgan fingerprint density at radius 1 is 1.14 bits per heavy atom. The Labute approximate surface area is 133 Å². The summed E-state index contributed by atoms with van der Waals surface area (Å²) in [5, 5.41) is 11.3. The lowest BCUT2D eigenvalue weighted by atomic mass is 10.2. The molecule has 0 heterocycles. The predicted molar refractivity (Wildman–Crippen MR) is 84.9 cm³/mol. The molecule has 0 spiro atoms. The van der Waals surface area contributed by atoms with E-state index in [1.165, 1.54) is 19.2 Å². The summed E-state index contributed by atoms with van der Waals surface area (Å²) >= 11 is 5.79. The minimum atomic E-state index is -3.91. The van der Waals surface area contributed by atoms with Crippen LogP contribution in [0.3, 0.4) is 0 Å². The molecular weight excluding hydrogens is 328 g/mol. The third-order valence-electron chi connectivity index (χ3n) is 3.21. The largest absolute Gasteiger partial charge is 0.270 e. The van der Waals surface area contributed by atoms with E-state index in [2.05, 4.69) is 0 Å². The average Bonchev–Trinajstić information content (AvgIpc) is 2.47. The highest BCUT2D eigenvalue weighted by Crippen LogP contribution is 2.28. The molecule has 0 N–H and O–H groups in total. The van der Waals surface area contributed by atoms with Crippen molar-refractivity contribution in [3.8, 4) is 0 Å². The summed E-state index contributed by atoms with van der Waals surface area (Å²) in [6.45, 7) is 1.59. The van der Waals surface area contributed by atoms with E-state index >= 15 is 0 Å². The minimum absolute atomic E-state index is 0.0980. The van der Waals surface area contributed by atoms with Gasteiger partial charge in [0.05, 0.1) is 15.5 Å². The fourth-order valence-corrected chi connectivity index (χ4v) is 3.48. The second kappa shape index (κ2) is 5.94. The van der Waals surface area contributed by atoms with Crippen molar-refractivity contribution in [3.63, 3.8) is 0 Å². The molecule has 0 fully saturated rings. The number of non-ortho nitro benzene ring substituents is 1. The summed E-state index contributed by atoms with van der Waals surface area (Å²) in [5.74, 6) is 0. The zero-order valence-corrected chi connectivity index (χ0v) is 13.4. The zero-order valence-electron chi connectivity index (χ0n) is 11.9. The van der Waals surface area contributed by atoms with E-state index in [0.29, 0.717) is 16.3 Å². The van der Waals surface area contributed by atoms with E-state index in [-0.39, 0.29) is 10.6 Å². The van der Waals surface area contributed by atoms with E-state index in [0.717, 1.165) is 10.4 Å². The summed E-state index contributed by atoms with van der Waals surface area (Å²) in [7, 11) is -2.52. The summed E-state index contributed by atoms with van der Waals surface area (Å²) in [4.78, 5) is 10.1. The Hall–Kier alpha value is -2.12. The average molecular weight is 341 g/mol. The van der Waals surface area contributed by atoms with Crippen LogP contribution in [0, 0.1) is 17.0 Å². The van der Waals surface area contributed by atoms with E-state index in [9.17, 15) is 18.5 Å². The number of aryl methyl sites for hydroxylation is 1. The highest BCUT2D eigenvalue weighted by atomic mass is 35.5. The van der Waals surface area contributed by atoms with E-state index in [1.807, 2.05) is 0 Å². The van der Waals surface area contributed by atoms with Crippen LogP contribution in [-0.2, 0) is 10.0 Å². The number of benzene rings is 2. The summed E-state index contributed by atoms with van der Waals surface area (Å²) in [6.07, 6.45) is 0. The number of nitro benzene ring substituents is 1. The van der Waals surface area contributed by atoms with Gasteiger partial charge in [0.15, 0.2) is 0 Å². The van der Waals surface area contributed by atoms with Crippen LogP contribution in [0.4, 0.5) is 11.4 Å². The van der Waals surface area contributed by atoms with Crippen molar-refractivity contribution >= 4 is 33.0 Å². The fraction of sp³-hybridized carbons (Fsp3) is 0.143. The molecule has 2 aromatic rings. The summed E-state index contributed by atoms with van der Waals surface area (Å²) in [6, 6.07) is 10.0. The molecule has 22 heavy (non-hydrogen) atoms. The number of anilines is 1.